The first-order valence-corrected chi connectivity index (χ1v) is 13.3. The van der Waals surface area contributed by atoms with Crippen molar-refractivity contribution in [3.8, 4) is 22.8 Å². The van der Waals surface area contributed by atoms with Crippen molar-refractivity contribution in [1.82, 2.24) is 15.0 Å². The fourth-order valence-corrected chi connectivity index (χ4v) is 4.70. The van der Waals surface area contributed by atoms with Crippen LogP contribution in [0.15, 0.2) is 76.5 Å². The number of aromatic nitrogens is 4. The molecular weight excluding hydrogens is 640 g/mol. The summed E-state index contributed by atoms with van der Waals surface area (Å²) in [5, 5.41) is 19.6. The summed E-state index contributed by atoms with van der Waals surface area (Å²) in [4.78, 5) is 11.2. The average Bonchev–Trinajstić information content (AvgIpc) is 3.23. The summed E-state index contributed by atoms with van der Waals surface area (Å²) in [7, 11) is -10.0. The Morgan fingerprint density at radius 3 is 2.11 bits per heavy atom. The zero-order valence-corrected chi connectivity index (χ0v) is 23.9. The summed E-state index contributed by atoms with van der Waals surface area (Å²) < 4.78 is 68.8. The van der Waals surface area contributed by atoms with Crippen LogP contribution in [0.3, 0.4) is 0 Å². The molecule has 0 fully saturated rings. The molecule has 4 rings (SSSR count). The van der Waals surface area contributed by atoms with E-state index in [1.165, 1.54) is 33.9 Å². The van der Waals surface area contributed by atoms with Crippen LogP contribution in [0, 0.1) is 13.7 Å². The smallest absolute Gasteiger partial charge is 0.744 e. The fraction of sp³-hybridized carbons (Fsp3) is 0. The van der Waals surface area contributed by atoms with Crippen molar-refractivity contribution in [3.63, 3.8) is 0 Å². The number of hydrogen-bond donors (Lipinski definition) is 1. The first-order valence-electron chi connectivity index (χ1n) is 9.33. The summed E-state index contributed by atoms with van der Waals surface area (Å²) in [5.74, 6) is -0.266. The van der Waals surface area contributed by atoms with Gasteiger partial charge in [-0.2, -0.15) is 8.42 Å². The molecule has 0 atom stereocenters. The predicted molar refractivity (Wildman–Crippen MR) is 125 cm³/mol. The number of nitrogens with zero attached hydrogens (tertiary/aromatic N) is 5. The van der Waals surface area contributed by atoms with Crippen LogP contribution < -0.4 is 34.4 Å². The Morgan fingerprint density at radius 1 is 0.972 bits per heavy atom. The number of tetrazole rings is 1. The Balaban J connectivity index is 0.00000361. The summed E-state index contributed by atoms with van der Waals surface area (Å²) in [6.45, 7) is 0. The second-order valence-corrected chi connectivity index (χ2v) is 11.0. The van der Waals surface area contributed by atoms with Crippen LogP contribution >= 0.6 is 22.6 Å². The third-order valence-corrected chi connectivity index (χ3v) is 7.11. The molecule has 36 heavy (non-hydrogen) atoms. The third-order valence-electron chi connectivity index (χ3n) is 4.67. The van der Waals surface area contributed by atoms with Crippen molar-refractivity contribution in [1.29, 1.82) is 0 Å². The minimum atomic E-state index is -5.22. The Morgan fingerprint density at radius 2 is 1.58 bits per heavy atom. The number of rotatable bonds is 6. The minimum absolute atomic E-state index is 0. The van der Waals surface area contributed by atoms with E-state index in [1.54, 1.807) is 24.3 Å². The fourth-order valence-electron chi connectivity index (χ4n) is 3.06. The number of nitro benzene ring substituents is 1. The van der Waals surface area contributed by atoms with E-state index in [9.17, 15) is 36.1 Å². The van der Waals surface area contributed by atoms with Gasteiger partial charge in [0.25, 0.3) is 15.8 Å². The van der Waals surface area contributed by atoms with Gasteiger partial charge in [0.1, 0.15) is 15.8 Å². The van der Waals surface area contributed by atoms with E-state index in [1.807, 2.05) is 0 Å². The zero-order valence-electron chi connectivity index (χ0n) is 18.1. The molecule has 0 spiro atoms. The Kier molecular flexibility index (Phi) is 8.30. The van der Waals surface area contributed by atoms with Gasteiger partial charge in [-0.1, -0.05) is 0 Å². The van der Waals surface area contributed by atoms with Gasteiger partial charge in [-0.25, -0.2) is 8.42 Å². The van der Waals surface area contributed by atoms with Gasteiger partial charge in [0.15, 0.2) is 5.69 Å². The zero-order chi connectivity index (χ0) is 25.5. The van der Waals surface area contributed by atoms with Crippen LogP contribution in [0.25, 0.3) is 22.8 Å². The predicted octanol–water partition coefficient (Wildman–Crippen LogP) is -1.12. The van der Waals surface area contributed by atoms with Gasteiger partial charge < -0.3 is 4.55 Å². The first kappa shape index (κ1) is 28.3. The molecule has 17 heteroatoms. The first-order chi connectivity index (χ1) is 16.3. The van der Waals surface area contributed by atoms with Gasteiger partial charge >= 0.3 is 35.4 Å². The van der Waals surface area contributed by atoms with Crippen molar-refractivity contribution in [2.24, 2.45) is 0 Å². The molecule has 0 saturated carbocycles. The molecule has 1 heterocycles. The van der Waals surface area contributed by atoms with Gasteiger partial charge in [0, 0.05) is 20.5 Å². The van der Waals surface area contributed by atoms with Crippen molar-refractivity contribution < 1.29 is 65.2 Å². The Bertz CT molecular complexity index is 1680. The van der Waals surface area contributed by atoms with Gasteiger partial charge in [0.2, 0.25) is 0 Å². The third kappa shape index (κ3) is 5.97. The standard InChI is InChI=1S/C19H12IN5O8S2.Na/c20-12-1-3-13(4-2-12)23-21-19(22-24(23)14-5-7-15(8-6-14)25(26)27)17-10-9-16(34(28,29)30)11-18(17)35(31,32)33;/h1-11H,(H-,28,29,30,31,32,33);/q;+1. The van der Waals surface area contributed by atoms with Crippen molar-refractivity contribution in [2.45, 2.75) is 9.79 Å². The van der Waals surface area contributed by atoms with E-state index in [2.05, 4.69) is 32.8 Å². The van der Waals surface area contributed by atoms with E-state index in [0.29, 0.717) is 17.4 Å². The Hall–Kier alpha value is -2.32. The van der Waals surface area contributed by atoms with Crippen LogP contribution in [0.4, 0.5) is 5.69 Å². The molecule has 3 aromatic carbocycles. The van der Waals surface area contributed by atoms with E-state index >= 15 is 0 Å². The molecule has 0 unspecified atom stereocenters. The number of hydrogen-bond acceptors (Lipinski definition) is 9. The second kappa shape index (κ2) is 10.6. The van der Waals surface area contributed by atoms with Gasteiger partial charge in [-0.15, -0.1) is 0 Å². The quantitative estimate of drug-likeness (QED) is 0.0667. The molecule has 4 aromatic rings. The van der Waals surface area contributed by atoms with E-state index in [-0.39, 0.29) is 46.6 Å². The molecule has 0 radical (unpaired) electrons. The number of benzene rings is 3. The van der Waals surface area contributed by atoms with Gasteiger partial charge in [-0.3, -0.25) is 14.7 Å². The van der Waals surface area contributed by atoms with E-state index < -0.39 is 35.0 Å². The van der Waals surface area contributed by atoms with Crippen LogP contribution in [-0.2, 0) is 20.2 Å². The molecule has 0 amide bonds. The summed E-state index contributed by atoms with van der Waals surface area (Å²) in [5.41, 5.74) is 0.306. The van der Waals surface area contributed by atoms with E-state index in [4.69, 9.17) is 0 Å². The normalized spacial score (nSPS) is 11.6. The van der Waals surface area contributed by atoms with Gasteiger partial charge in [0.05, 0.1) is 25.4 Å². The Labute approximate surface area is 239 Å². The van der Waals surface area contributed by atoms with Crippen molar-refractivity contribution in [3.05, 3.63) is 80.4 Å². The van der Waals surface area contributed by atoms with Crippen LogP contribution in [-0.4, -0.2) is 45.9 Å². The van der Waals surface area contributed by atoms with Crippen molar-refractivity contribution in [2.75, 3.05) is 0 Å². The molecule has 1 aromatic heterocycles. The largest absolute Gasteiger partial charge is 1.00 e. The van der Waals surface area contributed by atoms with Crippen LogP contribution in [0.5, 0.6) is 0 Å². The summed E-state index contributed by atoms with van der Waals surface area (Å²) >= 11 is 2.10. The molecule has 13 nitrogen and oxygen atoms in total. The van der Waals surface area contributed by atoms with Crippen molar-refractivity contribution >= 4 is 48.5 Å². The average molecular weight is 652 g/mol. The number of halogens is 1. The maximum Gasteiger partial charge on any atom is 1.00 e. The van der Waals surface area contributed by atoms with Gasteiger partial charge in [-0.05, 0) is 87.1 Å². The number of nitro groups is 1. The molecule has 0 aliphatic heterocycles. The molecule has 0 aliphatic rings. The number of non-ortho nitro benzene ring substituents is 1. The van der Waals surface area contributed by atoms with E-state index in [0.717, 1.165) is 15.7 Å². The monoisotopic (exact) mass is 652 g/mol. The maximum atomic E-state index is 11.9. The molecule has 0 bridgehead atoms. The molecule has 0 saturated heterocycles. The van der Waals surface area contributed by atoms with Crippen LogP contribution in [0.2, 0.25) is 0 Å². The molecule has 0 aliphatic carbocycles. The summed E-state index contributed by atoms with van der Waals surface area (Å²) in [6.07, 6.45) is 0. The summed E-state index contributed by atoms with van der Waals surface area (Å²) in [6, 6.07) is 14.6. The molecular formula is C19H12IN5NaO8S2+. The second-order valence-electron chi connectivity index (χ2n) is 6.94. The topological polar surface area (TPSA) is 189 Å². The molecule has 1 N–H and O–H groups in total. The van der Waals surface area contributed by atoms with Crippen LogP contribution in [0.1, 0.15) is 0 Å². The minimum Gasteiger partial charge on any atom is -0.744 e. The molecule has 180 valence electrons. The SMILES string of the molecule is O=[N+]([O-])c1ccc(-[n+]2nc(-c3ccc(S(=O)(=O)O)cc3S(=O)(=O)[O-])nn2-c2ccc(I)cc2)cc1.[Na+]. The maximum absolute atomic E-state index is 11.9.